The van der Waals surface area contributed by atoms with Gasteiger partial charge >= 0.3 is 0 Å². The van der Waals surface area contributed by atoms with Gasteiger partial charge in [-0.15, -0.1) is 0 Å². The van der Waals surface area contributed by atoms with Gasteiger partial charge in [0.25, 0.3) is 5.56 Å². The minimum absolute atomic E-state index is 0.0574. The zero-order valence-corrected chi connectivity index (χ0v) is 12.2. The SMILES string of the molecule is CC(C)CCc1nc2c(cnn2C2CCCC2)c(=O)[nH]1. The van der Waals surface area contributed by atoms with Crippen molar-refractivity contribution in [2.75, 3.05) is 0 Å². The van der Waals surface area contributed by atoms with Crippen molar-refractivity contribution in [2.24, 2.45) is 5.92 Å². The molecule has 2 heterocycles. The van der Waals surface area contributed by atoms with Gasteiger partial charge in [0, 0.05) is 6.42 Å². The molecule has 1 aliphatic carbocycles. The fourth-order valence-corrected chi connectivity index (χ4v) is 2.94. The lowest BCUT2D eigenvalue weighted by atomic mass is 10.1. The third-order valence-electron chi connectivity index (χ3n) is 4.14. The lowest BCUT2D eigenvalue weighted by molar-refractivity contribution is 0.477. The molecule has 1 fully saturated rings. The summed E-state index contributed by atoms with van der Waals surface area (Å²) in [5.41, 5.74) is 0.706. The van der Waals surface area contributed by atoms with Gasteiger partial charge in [0.15, 0.2) is 5.65 Å². The summed E-state index contributed by atoms with van der Waals surface area (Å²) in [6, 6.07) is 0.416. The number of rotatable bonds is 4. The Hall–Kier alpha value is -1.65. The van der Waals surface area contributed by atoms with Gasteiger partial charge in [-0.3, -0.25) is 4.79 Å². The number of aromatic nitrogens is 4. The van der Waals surface area contributed by atoms with Crippen LogP contribution >= 0.6 is 0 Å². The van der Waals surface area contributed by atoms with Crippen molar-refractivity contribution in [3.63, 3.8) is 0 Å². The highest BCUT2D eigenvalue weighted by molar-refractivity contribution is 5.73. The Labute approximate surface area is 118 Å². The van der Waals surface area contributed by atoms with Crippen molar-refractivity contribution >= 4 is 11.0 Å². The smallest absolute Gasteiger partial charge is 0.262 e. The zero-order valence-electron chi connectivity index (χ0n) is 12.2. The zero-order chi connectivity index (χ0) is 14.1. The van der Waals surface area contributed by atoms with E-state index in [0.717, 1.165) is 37.2 Å². The van der Waals surface area contributed by atoms with Crippen LogP contribution in [-0.2, 0) is 6.42 Å². The number of aromatic amines is 1. The second-order valence-electron chi connectivity index (χ2n) is 6.21. The predicted molar refractivity (Wildman–Crippen MR) is 78.8 cm³/mol. The van der Waals surface area contributed by atoms with Gasteiger partial charge in [0.05, 0.1) is 12.2 Å². The number of hydrogen-bond acceptors (Lipinski definition) is 3. The molecule has 0 unspecified atom stereocenters. The standard InChI is InChI=1S/C15H22N4O/c1-10(2)7-8-13-17-14-12(15(20)18-13)9-16-19(14)11-5-3-4-6-11/h9-11H,3-8H2,1-2H3,(H,17,18,20). The molecule has 2 aromatic rings. The van der Waals surface area contributed by atoms with E-state index < -0.39 is 0 Å². The normalized spacial score (nSPS) is 16.6. The molecule has 0 saturated heterocycles. The Bertz CT molecular complexity index is 649. The van der Waals surface area contributed by atoms with Crippen LogP contribution in [-0.4, -0.2) is 19.7 Å². The van der Waals surface area contributed by atoms with Crippen LogP contribution in [0, 0.1) is 5.92 Å². The summed E-state index contributed by atoms with van der Waals surface area (Å²) in [5.74, 6) is 1.40. The molecule has 3 rings (SSSR count). The monoisotopic (exact) mass is 274 g/mol. The van der Waals surface area contributed by atoms with Gasteiger partial charge in [0.1, 0.15) is 11.2 Å². The molecule has 0 bridgehead atoms. The van der Waals surface area contributed by atoms with Crippen LogP contribution in [0.15, 0.2) is 11.0 Å². The highest BCUT2D eigenvalue weighted by Crippen LogP contribution is 2.30. The first-order chi connectivity index (χ1) is 9.65. The Morgan fingerprint density at radius 2 is 2.15 bits per heavy atom. The van der Waals surface area contributed by atoms with E-state index in [4.69, 9.17) is 0 Å². The molecule has 108 valence electrons. The largest absolute Gasteiger partial charge is 0.310 e. The van der Waals surface area contributed by atoms with E-state index >= 15 is 0 Å². The minimum Gasteiger partial charge on any atom is -0.310 e. The molecule has 5 nitrogen and oxygen atoms in total. The minimum atomic E-state index is -0.0574. The Kier molecular flexibility index (Phi) is 3.59. The maximum absolute atomic E-state index is 12.1. The summed E-state index contributed by atoms with van der Waals surface area (Å²) in [6.07, 6.45) is 8.29. The van der Waals surface area contributed by atoms with Gasteiger partial charge in [-0.1, -0.05) is 26.7 Å². The molecule has 0 atom stereocenters. The maximum Gasteiger partial charge on any atom is 0.262 e. The molecule has 0 radical (unpaired) electrons. The summed E-state index contributed by atoms with van der Waals surface area (Å²) in [7, 11) is 0. The summed E-state index contributed by atoms with van der Waals surface area (Å²) in [5, 5.41) is 5.02. The third-order valence-corrected chi connectivity index (χ3v) is 4.14. The molecule has 2 aromatic heterocycles. The summed E-state index contributed by atoms with van der Waals surface area (Å²) in [4.78, 5) is 19.7. The van der Waals surface area contributed by atoms with Crippen molar-refractivity contribution in [3.8, 4) is 0 Å². The molecular weight excluding hydrogens is 252 g/mol. The van der Waals surface area contributed by atoms with Crippen LogP contribution in [0.2, 0.25) is 0 Å². The van der Waals surface area contributed by atoms with E-state index in [9.17, 15) is 4.79 Å². The van der Waals surface area contributed by atoms with Crippen molar-refractivity contribution in [2.45, 2.75) is 58.4 Å². The Morgan fingerprint density at radius 3 is 2.85 bits per heavy atom. The lowest BCUT2D eigenvalue weighted by Gasteiger charge is -2.11. The first-order valence-electron chi connectivity index (χ1n) is 7.61. The van der Waals surface area contributed by atoms with E-state index in [1.165, 1.54) is 12.8 Å². The summed E-state index contributed by atoms with van der Waals surface area (Å²) >= 11 is 0. The van der Waals surface area contributed by atoms with Crippen molar-refractivity contribution in [1.82, 2.24) is 19.7 Å². The second kappa shape index (κ2) is 5.38. The first kappa shape index (κ1) is 13.3. The van der Waals surface area contributed by atoms with E-state index in [1.54, 1.807) is 6.20 Å². The molecule has 0 aromatic carbocycles. The molecule has 1 N–H and O–H groups in total. The first-order valence-corrected chi connectivity index (χ1v) is 7.61. The third kappa shape index (κ3) is 2.49. The maximum atomic E-state index is 12.1. The quantitative estimate of drug-likeness (QED) is 0.932. The van der Waals surface area contributed by atoms with Crippen LogP contribution in [0.4, 0.5) is 0 Å². The Morgan fingerprint density at radius 1 is 1.40 bits per heavy atom. The lowest BCUT2D eigenvalue weighted by Crippen LogP contribution is -2.14. The number of H-pyrrole nitrogens is 1. The number of hydrogen-bond donors (Lipinski definition) is 1. The Balaban J connectivity index is 1.99. The predicted octanol–water partition coefficient (Wildman–Crippen LogP) is 2.82. The number of nitrogens with one attached hydrogen (secondary N) is 1. The second-order valence-corrected chi connectivity index (χ2v) is 6.21. The van der Waals surface area contributed by atoms with Crippen LogP contribution in [0.3, 0.4) is 0 Å². The van der Waals surface area contributed by atoms with Crippen molar-refractivity contribution in [3.05, 3.63) is 22.4 Å². The number of aryl methyl sites for hydroxylation is 1. The summed E-state index contributed by atoms with van der Waals surface area (Å²) < 4.78 is 1.97. The van der Waals surface area contributed by atoms with Crippen LogP contribution in [0.25, 0.3) is 11.0 Å². The van der Waals surface area contributed by atoms with E-state index in [2.05, 4.69) is 28.9 Å². The highest BCUT2D eigenvalue weighted by Gasteiger charge is 2.21. The van der Waals surface area contributed by atoms with Crippen LogP contribution in [0.5, 0.6) is 0 Å². The molecule has 5 heteroatoms. The van der Waals surface area contributed by atoms with Crippen LogP contribution < -0.4 is 5.56 Å². The molecule has 20 heavy (non-hydrogen) atoms. The van der Waals surface area contributed by atoms with Crippen molar-refractivity contribution in [1.29, 1.82) is 0 Å². The molecule has 0 amide bonds. The highest BCUT2D eigenvalue weighted by atomic mass is 16.1. The number of nitrogens with zero attached hydrogens (tertiary/aromatic N) is 3. The summed E-state index contributed by atoms with van der Waals surface area (Å²) in [6.45, 7) is 4.36. The van der Waals surface area contributed by atoms with Gasteiger partial charge in [0.2, 0.25) is 0 Å². The number of fused-ring (bicyclic) bond motifs is 1. The fourth-order valence-electron chi connectivity index (χ4n) is 2.94. The topological polar surface area (TPSA) is 63.6 Å². The van der Waals surface area contributed by atoms with Crippen molar-refractivity contribution < 1.29 is 0 Å². The van der Waals surface area contributed by atoms with E-state index in [0.29, 0.717) is 17.3 Å². The molecule has 0 spiro atoms. The average Bonchev–Trinajstić information content (AvgIpc) is 3.04. The van der Waals surface area contributed by atoms with E-state index in [1.807, 2.05) is 4.68 Å². The van der Waals surface area contributed by atoms with Gasteiger partial charge in [-0.2, -0.15) is 5.10 Å². The van der Waals surface area contributed by atoms with Gasteiger partial charge < -0.3 is 4.98 Å². The van der Waals surface area contributed by atoms with Gasteiger partial charge in [-0.05, 0) is 25.2 Å². The molecular formula is C15H22N4O. The van der Waals surface area contributed by atoms with E-state index in [-0.39, 0.29) is 5.56 Å². The molecule has 1 saturated carbocycles. The molecule has 0 aliphatic heterocycles. The molecule has 1 aliphatic rings. The average molecular weight is 274 g/mol. The van der Waals surface area contributed by atoms with Gasteiger partial charge in [-0.25, -0.2) is 9.67 Å². The fraction of sp³-hybridized carbons (Fsp3) is 0.667. The van der Waals surface area contributed by atoms with Crippen LogP contribution in [0.1, 0.15) is 57.8 Å².